The maximum Gasteiger partial charge on any atom is 0.321 e. The first-order valence-electron chi connectivity index (χ1n) is 9.12. The van der Waals surface area contributed by atoms with Crippen molar-refractivity contribution < 1.29 is 19.4 Å². The van der Waals surface area contributed by atoms with E-state index in [9.17, 15) is 4.79 Å². The molecule has 2 amide bonds. The van der Waals surface area contributed by atoms with Gasteiger partial charge in [0.25, 0.3) is 0 Å². The van der Waals surface area contributed by atoms with Gasteiger partial charge in [-0.05, 0) is 23.3 Å². The van der Waals surface area contributed by atoms with Crippen molar-refractivity contribution in [3.05, 3.63) is 70.7 Å². The van der Waals surface area contributed by atoms with Gasteiger partial charge in [-0.2, -0.15) is 0 Å². The Morgan fingerprint density at radius 2 is 1.97 bits per heavy atom. The van der Waals surface area contributed by atoms with Crippen LogP contribution in [-0.2, 0) is 13.0 Å². The molecule has 3 aromatic rings. The molecule has 0 aliphatic heterocycles. The van der Waals surface area contributed by atoms with Gasteiger partial charge in [0.2, 0.25) is 0 Å². The number of methoxy groups -OCH3 is 1. The molecule has 152 valence electrons. The van der Waals surface area contributed by atoms with E-state index in [1.54, 1.807) is 25.4 Å². The molecule has 7 nitrogen and oxygen atoms in total. The average molecular weight is 413 g/mol. The summed E-state index contributed by atoms with van der Waals surface area (Å²) < 4.78 is 10.7. The predicted molar refractivity (Wildman–Crippen MR) is 113 cm³/mol. The molecule has 3 rings (SSSR count). The molecule has 0 radical (unpaired) electrons. The quantitative estimate of drug-likeness (QED) is 0.500. The molecular weight excluding hydrogens is 390 g/mol. The van der Waals surface area contributed by atoms with Crippen molar-refractivity contribution in [1.82, 2.24) is 10.3 Å². The van der Waals surface area contributed by atoms with Gasteiger partial charge in [0.15, 0.2) is 16.6 Å². The third-order valence-corrected chi connectivity index (χ3v) is 4.94. The van der Waals surface area contributed by atoms with Gasteiger partial charge in [0, 0.05) is 24.0 Å². The number of aliphatic hydroxyl groups excluding tert-OH is 1. The minimum atomic E-state index is -0.329. The molecule has 0 saturated heterocycles. The summed E-state index contributed by atoms with van der Waals surface area (Å²) in [5.41, 5.74) is 2.06. The van der Waals surface area contributed by atoms with Crippen LogP contribution in [0.1, 0.15) is 16.0 Å². The van der Waals surface area contributed by atoms with E-state index < -0.39 is 0 Å². The van der Waals surface area contributed by atoms with E-state index in [1.807, 2.05) is 24.3 Å². The summed E-state index contributed by atoms with van der Waals surface area (Å²) in [5.74, 6) is 1.09. The van der Waals surface area contributed by atoms with Gasteiger partial charge in [-0.15, -0.1) is 11.3 Å². The van der Waals surface area contributed by atoms with Gasteiger partial charge in [-0.3, -0.25) is 5.32 Å². The van der Waals surface area contributed by atoms with E-state index in [0.29, 0.717) is 23.2 Å². The Morgan fingerprint density at radius 3 is 2.72 bits per heavy atom. The van der Waals surface area contributed by atoms with Crippen molar-refractivity contribution in [1.29, 1.82) is 0 Å². The highest BCUT2D eigenvalue weighted by Gasteiger charge is 2.09. The van der Waals surface area contributed by atoms with Crippen molar-refractivity contribution >= 4 is 22.5 Å². The zero-order chi connectivity index (χ0) is 20.5. The SMILES string of the molecule is COc1cc(CNC(=O)Nc2ncc(Cc3ccccc3)s2)ccc1OCCO. The lowest BCUT2D eigenvalue weighted by molar-refractivity contribution is 0.196. The van der Waals surface area contributed by atoms with E-state index in [0.717, 1.165) is 16.9 Å². The average Bonchev–Trinajstić information content (AvgIpc) is 3.18. The molecule has 3 N–H and O–H groups in total. The van der Waals surface area contributed by atoms with Crippen molar-refractivity contribution in [3.8, 4) is 11.5 Å². The first-order chi connectivity index (χ1) is 14.2. The highest BCUT2D eigenvalue weighted by atomic mass is 32.1. The lowest BCUT2D eigenvalue weighted by Crippen LogP contribution is -2.28. The number of carbonyl (C=O) groups is 1. The highest BCUT2D eigenvalue weighted by molar-refractivity contribution is 7.15. The standard InChI is InChI=1S/C21H23N3O4S/c1-27-19-12-16(7-8-18(19)28-10-9-25)13-22-20(26)24-21-23-14-17(29-21)11-15-5-3-2-4-6-15/h2-8,12,14,25H,9-11,13H2,1H3,(H2,22,23,24,26). The number of aliphatic hydroxyl groups is 1. The summed E-state index contributed by atoms with van der Waals surface area (Å²) in [7, 11) is 1.54. The first-order valence-corrected chi connectivity index (χ1v) is 9.93. The lowest BCUT2D eigenvalue weighted by atomic mass is 10.1. The van der Waals surface area contributed by atoms with Crippen LogP contribution >= 0.6 is 11.3 Å². The number of urea groups is 1. The Labute approximate surface area is 173 Å². The fraction of sp³-hybridized carbons (Fsp3) is 0.238. The van der Waals surface area contributed by atoms with Gasteiger partial charge < -0.3 is 19.9 Å². The molecule has 29 heavy (non-hydrogen) atoms. The largest absolute Gasteiger partial charge is 0.493 e. The van der Waals surface area contributed by atoms with Crippen LogP contribution in [-0.4, -0.2) is 36.4 Å². The van der Waals surface area contributed by atoms with E-state index in [2.05, 4.69) is 27.8 Å². The molecule has 0 fully saturated rings. The van der Waals surface area contributed by atoms with E-state index in [4.69, 9.17) is 14.6 Å². The number of hydrogen-bond donors (Lipinski definition) is 3. The molecule has 0 unspecified atom stereocenters. The summed E-state index contributed by atoms with van der Waals surface area (Å²) in [6.45, 7) is 0.442. The number of benzene rings is 2. The van der Waals surface area contributed by atoms with Crippen LogP contribution in [0.5, 0.6) is 11.5 Å². The number of thiazole rings is 1. The van der Waals surface area contributed by atoms with Gasteiger partial charge in [-0.25, -0.2) is 9.78 Å². The number of rotatable bonds is 9. The fourth-order valence-electron chi connectivity index (χ4n) is 2.66. The number of hydrogen-bond acceptors (Lipinski definition) is 6. The molecule has 1 aromatic heterocycles. The third-order valence-electron chi connectivity index (χ3n) is 4.03. The van der Waals surface area contributed by atoms with Crippen LogP contribution in [0.4, 0.5) is 9.93 Å². The van der Waals surface area contributed by atoms with Crippen molar-refractivity contribution in [2.75, 3.05) is 25.6 Å². The van der Waals surface area contributed by atoms with Crippen LogP contribution in [0.15, 0.2) is 54.7 Å². The minimum absolute atomic E-state index is 0.0730. The summed E-state index contributed by atoms with van der Waals surface area (Å²) in [5, 5.41) is 15.0. The number of aromatic nitrogens is 1. The fourth-order valence-corrected chi connectivity index (χ4v) is 3.51. The second kappa shape index (κ2) is 10.4. The molecular formula is C21H23N3O4S. The Kier molecular flexibility index (Phi) is 7.43. The summed E-state index contributed by atoms with van der Waals surface area (Å²) in [4.78, 5) is 17.5. The smallest absolute Gasteiger partial charge is 0.321 e. The summed E-state index contributed by atoms with van der Waals surface area (Å²) in [6, 6.07) is 15.2. The van der Waals surface area contributed by atoms with Gasteiger partial charge >= 0.3 is 6.03 Å². The molecule has 0 aliphatic carbocycles. The number of amides is 2. The molecule has 1 heterocycles. The highest BCUT2D eigenvalue weighted by Crippen LogP contribution is 2.28. The summed E-state index contributed by atoms with van der Waals surface area (Å²) >= 11 is 1.45. The maximum absolute atomic E-state index is 12.2. The number of carbonyl (C=O) groups excluding carboxylic acids is 1. The van der Waals surface area contributed by atoms with Crippen molar-refractivity contribution in [3.63, 3.8) is 0 Å². The Hall–Kier alpha value is -3.10. The third kappa shape index (κ3) is 6.20. The van der Waals surface area contributed by atoms with Crippen LogP contribution in [0.3, 0.4) is 0 Å². The van der Waals surface area contributed by atoms with Crippen LogP contribution in [0.25, 0.3) is 0 Å². The molecule has 2 aromatic carbocycles. The van der Waals surface area contributed by atoms with Gasteiger partial charge in [0.1, 0.15) is 6.61 Å². The van der Waals surface area contributed by atoms with Gasteiger partial charge in [-0.1, -0.05) is 36.4 Å². The normalized spacial score (nSPS) is 10.4. The second-order valence-corrected chi connectivity index (χ2v) is 7.27. The molecule has 0 spiro atoms. The zero-order valence-electron chi connectivity index (χ0n) is 16.1. The van der Waals surface area contributed by atoms with E-state index >= 15 is 0 Å². The molecule has 8 heteroatoms. The topological polar surface area (TPSA) is 92.7 Å². The van der Waals surface area contributed by atoms with Gasteiger partial charge in [0.05, 0.1) is 13.7 Å². The first kappa shape index (κ1) is 20.6. The van der Waals surface area contributed by atoms with Crippen LogP contribution < -0.4 is 20.1 Å². The van der Waals surface area contributed by atoms with E-state index in [1.165, 1.54) is 16.9 Å². The monoisotopic (exact) mass is 413 g/mol. The van der Waals surface area contributed by atoms with E-state index in [-0.39, 0.29) is 19.2 Å². The van der Waals surface area contributed by atoms with Crippen LogP contribution in [0, 0.1) is 0 Å². The summed E-state index contributed by atoms with van der Waals surface area (Å²) in [6.07, 6.45) is 2.57. The second-order valence-electron chi connectivity index (χ2n) is 6.16. The molecule has 0 aliphatic rings. The predicted octanol–water partition coefficient (Wildman–Crippen LogP) is 3.44. The molecule has 0 atom stereocenters. The molecule has 0 saturated carbocycles. The Morgan fingerprint density at radius 1 is 1.14 bits per heavy atom. The van der Waals surface area contributed by atoms with Crippen LogP contribution in [0.2, 0.25) is 0 Å². The molecule has 0 bridgehead atoms. The Bertz CT molecular complexity index is 931. The number of ether oxygens (including phenoxy) is 2. The minimum Gasteiger partial charge on any atom is -0.493 e. The number of nitrogens with one attached hydrogen (secondary N) is 2. The zero-order valence-corrected chi connectivity index (χ0v) is 16.9. The maximum atomic E-state index is 12.2. The van der Waals surface area contributed by atoms with Crippen molar-refractivity contribution in [2.45, 2.75) is 13.0 Å². The number of anilines is 1. The van der Waals surface area contributed by atoms with Crippen molar-refractivity contribution in [2.24, 2.45) is 0 Å². The number of nitrogens with zero attached hydrogens (tertiary/aromatic N) is 1. The Balaban J connectivity index is 1.51. The lowest BCUT2D eigenvalue weighted by Gasteiger charge is -2.12.